The topological polar surface area (TPSA) is 72.9 Å². The van der Waals surface area contributed by atoms with Crippen LogP contribution >= 0.6 is 11.3 Å². The Bertz CT molecular complexity index is 1150. The van der Waals surface area contributed by atoms with Crippen LogP contribution in [-0.2, 0) is 29.8 Å². The normalized spacial score (nSPS) is 12.8. The van der Waals surface area contributed by atoms with E-state index in [4.69, 9.17) is 14.2 Å². The predicted molar refractivity (Wildman–Crippen MR) is 142 cm³/mol. The number of hydrogen-bond acceptors (Lipinski definition) is 7. The van der Waals surface area contributed by atoms with Gasteiger partial charge in [0.05, 0.1) is 6.54 Å². The smallest absolute Gasteiger partial charge is 0.270 e. The molecule has 1 aliphatic heterocycles. The van der Waals surface area contributed by atoms with Crippen molar-refractivity contribution < 1.29 is 19.0 Å². The molecule has 0 saturated carbocycles. The minimum absolute atomic E-state index is 0.117. The Morgan fingerprint density at radius 1 is 1.06 bits per heavy atom. The fraction of sp³-hybridized carbons (Fsp3) is 0.429. The molecule has 0 aliphatic carbocycles. The zero-order chi connectivity index (χ0) is 25.5. The Kier molecular flexibility index (Phi) is 8.61. The molecule has 0 atom stereocenters. The predicted octanol–water partition coefficient (Wildman–Crippen LogP) is 5.14. The lowest BCUT2D eigenvalue weighted by molar-refractivity contribution is 0.0944. The summed E-state index contributed by atoms with van der Waals surface area (Å²) >= 11 is 1.51. The first-order valence-corrected chi connectivity index (χ1v) is 13.1. The van der Waals surface area contributed by atoms with Gasteiger partial charge in [-0.1, -0.05) is 51.1 Å². The largest absolute Gasteiger partial charge is 0.454 e. The molecular formula is C28H35N3O4S. The van der Waals surface area contributed by atoms with Gasteiger partial charge in [-0.3, -0.25) is 9.69 Å². The highest BCUT2D eigenvalue weighted by Crippen LogP contribution is 2.33. The molecule has 0 fully saturated rings. The molecule has 8 heteroatoms. The van der Waals surface area contributed by atoms with Crippen molar-refractivity contribution in [1.29, 1.82) is 0 Å². The molecule has 0 radical (unpaired) electrons. The maximum Gasteiger partial charge on any atom is 0.270 e. The van der Waals surface area contributed by atoms with E-state index in [-0.39, 0.29) is 18.1 Å². The van der Waals surface area contributed by atoms with Gasteiger partial charge < -0.3 is 19.5 Å². The van der Waals surface area contributed by atoms with Crippen LogP contribution in [0.4, 0.5) is 0 Å². The van der Waals surface area contributed by atoms with Gasteiger partial charge in [0.1, 0.15) is 10.7 Å². The molecule has 2 heterocycles. The van der Waals surface area contributed by atoms with E-state index in [1.54, 1.807) is 7.11 Å². The van der Waals surface area contributed by atoms with Gasteiger partial charge in [-0.15, -0.1) is 11.3 Å². The van der Waals surface area contributed by atoms with E-state index < -0.39 is 0 Å². The second-order valence-corrected chi connectivity index (χ2v) is 11.0. The number of benzene rings is 2. The highest BCUT2D eigenvalue weighted by molar-refractivity contribution is 7.09. The van der Waals surface area contributed by atoms with Gasteiger partial charge in [-0.2, -0.15) is 0 Å². The fourth-order valence-corrected chi connectivity index (χ4v) is 4.84. The number of amides is 1. The number of thiazole rings is 1. The van der Waals surface area contributed by atoms with Crippen molar-refractivity contribution in [2.24, 2.45) is 0 Å². The SMILES string of the molecule is COCCCNC(=O)c1csc(CN(Cc2ccc(C(C)(C)C)cc2)Cc2ccc3c(c2)OCO3)n1. The third kappa shape index (κ3) is 7.06. The van der Waals surface area contributed by atoms with E-state index in [9.17, 15) is 4.79 Å². The Hall–Kier alpha value is -2.94. The molecule has 0 saturated heterocycles. The minimum atomic E-state index is -0.145. The van der Waals surface area contributed by atoms with Crippen LogP contribution in [0.5, 0.6) is 11.5 Å². The number of nitrogens with one attached hydrogen (secondary N) is 1. The maximum atomic E-state index is 12.5. The fourth-order valence-electron chi connectivity index (χ4n) is 4.02. The number of aromatic nitrogens is 1. The lowest BCUT2D eigenvalue weighted by Crippen LogP contribution is -2.26. The van der Waals surface area contributed by atoms with Gasteiger partial charge in [-0.25, -0.2) is 4.98 Å². The molecule has 3 aromatic rings. The van der Waals surface area contributed by atoms with Crippen molar-refractivity contribution in [3.63, 3.8) is 0 Å². The summed E-state index contributed by atoms with van der Waals surface area (Å²) in [7, 11) is 1.66. The van der Waals surface area contributed by atoms with Crippen LogP contribution in [0.2, 0.25) is 0 Å². The number of rotatable bonds is 11. The van der Waals surface area contributed by atoms with Crippen molar-refractivity contribution in [3.8, 4) is 11.5 Å². The van der Waals surface area contributed by atoms with Crippen LogP contribution in [-0.4, -0.2) is 42.8 Å². The Balaban J connectivity index is 1.47. The highest BCUT2D eigenvalue weighted by Gasteiger charge is 2.18. The molecule has 1 aliphatic rings. The highest BCUT2D eigenvalue weighted by atomic mass is 32.1. The summed E-state index contributed by atoms with van der Waals surface area (Å²) < 4.78 is 16.1. The summed E-state index contributed by atoms with van der Waals surface area (Å²) in [6.45, 7) is 10.2. The first-order valence-electron chi connectivity index (χ1n) is 12.2. The van der Waals surface area contributed by atoms with E-state index in [0.717, 1.165) is 41.6 Å². The Morgan fingerprint density at radius 3 is 2.53 bits per heavy atom. The standard InChI is InChI=1S/C28H35N3O4S/c1-28(2,3)22-9-6-20(7-10-22)15-31(16-21-8-11-24-25(14-21)35-19-34-24)17-26-30-23(18-36-26)27(32)29-12-5-13-33-4/h6-11,14,18H,5,12-13,15-17,19H2,1-4H3,(H,29,32). The molecule has 4 rings (SSSR count). The zero-order valence-electron chi connectivity index (χ0n) is 21.5. The van der Waals surface area contributed by atoms with Crippen molar-refractivity contribution in [1.82, 2.24) is 15.2 Å². The number of ether oxygens (including phenoxy) is 3. The second-order valence-electron chi connectivity index (χ2n) is 10.0. The quantitative estimate of drug-likeness (QED) is 0.361. The Morgan fingerprint density at radius 2 is 1.78 bits per heavy atom. The molecule has 0 spiro atoms. The van der Waals surface area contributed by atoms with Crippen LogP contribution in [0, 0.1) is 0 Å². The van der Waals surface area contributed by atoms with Crippen LogP contribution in [0.15, 0.2) is 47.8 Å². The average Bonchev–Trinajstić information content (AvgIpc) is 3.51. The molecule has 36 heavy (non-hydrogen) atoms. The number of hydrogen-bond donors (Lipinski definition) is 1. The zero-order valence-corrected chi connectivity index (χ0v) is 22.3. The van der Waals surface area contributed by atoms with Gasteiger partial charge >= 0.3 is 0 Å². The van der Waals surface area contributed by atoms with E-state index in [0.29, 0.717) is 25.4 Å². The number of carbonyl (C=O) groups excluding carboxylic acids is 1. The molecule has 0 unspecified atom stereocenters. The third-order valence-corrected chi connectivity index (χ3v) is 6.86. The van der Waals surface area contributed by atoms with Gasteiger partial charge in [0, 0.05) is 38.7 Å². The summed E-state index contributed by atoms with van der Waals surface area (Å²) in [6, 6.07) is 14.9. The molecule has 7 nitrogen and oxygen atoms in total. The molecule has 1 N–H and O–H groups in total. The van der Waals surface area contributed by atoms with Crippen LogP contribution in [0.3, 0.4) is 0 Å². The van der Waals surface area contributed by atoms with E-state index in [1.807, 2.05) is 17.5 Å². The van der Waals surface area contributed by atoms with Crippen molar-refractivity contribution in [2.75, 3.05) is 27.1 Å². The molecule has 2 aromatic carbocycles. The molecule has 0 bridgehead atoms. The van der Waals surface area contributed by atoms with Crippen molar-refractivity contribution in [3.05, 3.63) is 75.2 Å². The van der Waals surface area contributed by atoms with E-state index in [1.165, 1.54) is 22.5 Å². The summed E-state index contributed by atoms with van der Waals surface area (Å²) in [4.78, 5) is 19.4. The van der Waals surface area contributed by atoms with Crippen LogP contribution < -0.4 is 14.8 Å². The van der Waals surface area contributed by atoms with Crippen molar-refractivity contribution >= 4 is 17.2 Å². The Labute approximate surface area is 217 Å². The molecule has 192 valence electrons. The van der Waals surface area contributed by atoms with Crippen LogP contribution in [0.1, 0.15) is 59.4 Å². The first-order chi connectivity index (χ1) is 17.3. The second kappa shape index (κ2) is 11.9. The minimum Gasteiger partial charge on any atom is -0.454 e. The average molecular weight is 510 g/mol. The van der Waals surface area contributed by atoms with Crippen molar-refractivity contribution in [2.45, 2.75) is 52.2 Å². The summed E-state index contributed by atoms with van der Waals surface area (Å²) in [5.74, 6) is 1.42. The third-order valence-electron chi connectivity index (χ3n) is 6.02. The van der Waals surface area contributed by atoms with E-state index >= 15 is 0 Å². The lowest BCUT2D eigenvalue weighted by atomic mass is 9.87. The number of nitrogens with zero attached hydrogens (tertiary/aromatic N) is 2. The first kappa shape index (κ1) is 26.1. The molecule has 1 aromatic heterocycles. The lowest BCUT2D eigenvalue weighted by Gasteiger charge is -2.23. The summed E-state index contributed by atoms with van der Waals surface area (Å²) in [5, 5.41) is 5.64. The summed E-state index contributed by atoms with van der Waals surface area (Å²) in [6.07, 6.45) is 0.774. The number of fused-ring (bicyclic) bond motifs is 1. The van der Waals surface area contributed by atoms with E-state index in [2.05, 4.69) is 66.3 Å². The van der Waals surface area contributed by atoms with Gasteiger partial charge in [0.25, 0.3) is 5.91 Å². The van der Waals surface area contributed by atoms with Gasteiger partial charge in [0.15, 0.2) is 11.5 Å². The summed E-state index contributed by atoms with van der Waals surface area (Å²) in [5.41, 5.74) is 4.26. The number of methoxy groups -OCH3 is 1. The van der Waals surface area contributed by atoms with Gasteiger partial charge in [0.2, 0.25) is 6.79 Å². The monoisotopic (exact) mass is 509 g/mol. The maximum absolute atomic E-state index is 12.5. The number of carbonyl (C=O) groups is 1. The van der Waals surface area contributed by atoms with Gasteiger partial charge in [-0.05, 0) is 40.7 Å². The molecular weight excluding hydrogens is 474 g/mol. The van der Waals surface area contributed by atoms with Crippen LogP contribution in [0.25, 0.3) is 0 Å². The molecule has 1 amide bonds.